The van der Waals surface area contributed by atoms with Gasteiger partial charge in [-0.25, -0.2) is 9.59 Å². The number of aryl methyl sites for hydroxylation is 1. The van der Waals surface area contributed by atoms with Crippen molar-refractivity contribution in [1.82, 2.24) is 9.88 Å². The van der Waals surface area contributed by atoms with Crippen LogP contribution < -0.4 is 15.5 Å². The molecule has 0 unspecified atom stereocenters. The minimum atomic E-state index is -0.650. The number of benzene rings is 1. The Bertz CT molecular complexity index is 1130. The molecule has 2 heterocycles. The van der Waals surface area contributed by atoms with Crippen molar-refractivity contribution in [2.24, 2.45) is 0 Å². The van der Waals surface area contributed by atoms with E-state index in [9.17, 15) is 14.4 Å². The highest BCUT2D eigenvalue weighted by Gasteiger charge is 2.21. The Morgan fingerprint density at radius 2 is 2.06 bits per heavy atom. The van der Waals surface area contributed by atoms with Crippen LogP contribution in [0, 0.1) is 11.8 Å². The molecule has 0 saturated carbocycles. The lowest BCUT2D eigenvalue weighted by atomic mass is 10.1. The third-order valence-corrected chi connectivity index (χ3v) is 4.39. The van der Waals surface area contributed by atoms with Crippen molar-refractivity contribution < 1.29 is 23.8 Å². The van der Waals surface area contributed by atoms with Gasteiger partial charge in [0.15, 0.2) is 0 Å². The van der Waals surface area contributed by atoms with E-state index in [4.69, 9.17) is 14.2 Å². The Balaban J connectivity index is 1.95. The molecule has 0 atom stereocenters. The fraction of sp³-hybridized carbons (Fsp3) is 0.435. The maximum Gasteiger partial charge on any atom is 0.408 e. The number of carbonyl (C=O) groups is 2. The van der Waals surface area contributed by atoms with Gasteiger partial charge in [-0.15, -0.1) is 0 Å². The van der Waals surface area contributed by atoms with E-state index in [0.29, 0.717) is 35.4 Å². The highest BCUT2D eigenvalue weighted by molar-refractivity contribution is 5.96. The van der Waals surface area contributed by atoms with Gasteiger partial charge in [0, 0.05) is 18.3 Å². The molecule has 1 aromatic carbocycles. The molecule has 8 heteroatoms. The molecule has 0 radical (unpaired) electrons. The Morgan fingerprint density at radius 1 is 1.29 bits per heavy atom. The molecule has 0 saturated heterocycles. The number of alkyl carbamates (subject to hydrolysis) is 1. The van der Waals surface area contributed by atoms with Crippen LogP contribution in [0.4, 0.5) is 4.79 Å². The zero-order chi connectivity index (χ0) is 22.6. The average molecular weight is 426 g/mol. The molecular formula is C23H26N2O6. The van der Waals surface area contributed by atoms with Crippen LogP contribution in [0.1, 0.15) is 50.0 Å². The zero-order valence-electron chi connectivity index (χ0n) is 18.2. The average Bonchev–Trinajstić information content (AvgIpc) is 2.89. The van der Waals surface area contributed by atoms with E-state index < -0.39 is 23.1 Å². The van der Waals surface area contributed by atoms with Gasteiger partial charge in [0.1, 0.15) is 16.9 Å². The molecule has 1 aromatic heterocycles. The number of hydrogen-bond acceptors (Lipinski definition) is 6. The summed E-state index contributed by atoms with van der Waals surface area (Å²) in [6, 6.07) is 3.39. The van der Waals surface area contributed by atoms with Crippen molar-refractivity contribution in [3.8, 4) is 17.6 Å². The van der Waals surface area contributed by atoms with E-state index in [1.54, 1.807) is 39.8 Å². The maximum absolute atomic E-state index is 13.0. The topological polar surface area (TPSA) is 95.9 Å². The number of esters is 1. The molecule has 1 aliphatic heterocycles. The van der Waals surface area contributed by atoms with Crippen LogP contribution in [0.15, 0.2) is 23.1 Å². The number of hydrogen-bond donors (Lipinski definition) is 1. The van der Waals surface area contributed by atoms with Gasteiger partial charge in [-0.2, -0.15) is 0 Å². The Hall–Kier alpha value is -3.47. The molecule has 0 aliphatic carbocycles. The predicted octanol–water partition coefficient (Wildman–Crippen LogP) is 2.84. The summed E-state index contributed by atoms with van der Waals surface area (Å²) >= 11 is 0. The molecule has 0 spiro atoms. The van der Waals surface area contributed by atoms with Gasteiger partial charge in [-0.1, -0.05) is 11.8 Å². The van der Waals surface area contributed by atoms with Crippen molar-refractivity contribution in [3.05, 3.63) is 39.7 Å². The van der Waals surface area contributed by atoms with Crippen molar-refractivity contribution in [1.29, 1.82) is 0 Å². The van der Waals surface area contributed by atoms with Crippen molar-refractivity contribution in [2.45, 2.75) is 46.3 Å². The Kier molecular flexibility index (Phi) is 6.54. The third-order valence-electron chi connectivity index (χ3n) is 4.39. The first-order valence-electron chi connectivity index (χ1n) is 10.2. The number of carbonyl (C=O) groups excluding carboxylic acids is 2. The van der Waals surface area contributed by atoms with Crippen LogP contribution in [0.3, 0.4) is 0 Å². The van der Waals surface area contributed by atoms with Gasteiger partial charge in [0.2, 0.25) is 5.43 Å². The second-order valence-electron chi connectivity index (χ2n) is 8.02. The van der Waals surface area contributed by atoms with E-state index in [1.807, 2.05) is 4.57 Å². The summed E-state index contributed by atoms with van der Waals surface area (Å²) < 4.78 is 17.9. The largest absolute Gasteiger partial charge is 0.491 e. The third kappa shape index (κ3) is 5.37. The van der Waals surface area contributed by atoms with E-state index in [0.717, 1.165) is 6.42 Å². The van der Waals surface area contributed by atoms with E-state index >= 15 is 0 Å². The first-order valence-corrected chi connectivity index (χ1v) is 10.2. The van der Waals surface area contributed by atoms with Crippen LogP contribution in [0.25, 0.3) is 10.9 Å². The summed E-state index contributed by atoms with van der Waals surface area (Å²) in [6.45, 7) is 8.38. The predicted molar refractivity (Wildman–Crippen MR) is 115 cm³/mol. The first-order chi connectivity index (χ1) is 14.7. The molecule has 31 heavy (non-hydrogen) atoms. The van der Waals surface area contributed by atoms with Crippen molar-refractivity contribution in [2.75, 3.05) is 19.8 Å². The van der Waals surface area contributed by atoms with Gasteiger partial charge in [0.05, 0.1) is 30.7 Å². The fourth-order valence-corrected chi connectivity index (χ4v) is 3.21. The van der Waals surface area contributed by atoms with E-state index in [2.05, 4.69) is 17.2 Å². The Morgan fingerprint density at radius 3 is 2.77 bits per heavy atom. The SMILES string of the molecule is CCOC(=O)c1cn2c3c(cc(C#CCNC(=O)OC(C)(C)C)cc3c1=O)OCCC2. The summed E-state index contributed by atoms with van der Waals surface area (Å²) in [6.07, 6.45) is 1.71. The van der Waals surface area contributed by atoms with Gasteiger partial charge in [-0.05, 0) is 46.2 Å². The highest BCUT2D eigenvalue weighted by Crippen LogP contribution is 2.28. The molecule has 8 nitrogen and oxygen atoms in total. The molecule has 0 fully saturated rings. The van der Waals surface area contributed by atoms with Gasteiger partial charge >= 0.3 is 12.1 Å². The monoisotopic (exact) mass is 426 g/mol. The lowest BCUT2D eigenvalue weighted by Crippen LogP contribution is -2.32. The highest BCUT2D eigenvalue weighted by atomic mass is 16.6. The molecule has 3 rings (SSSR count). The second-order valence-corrected chi connectivity index (χ2v) is 8.02. The van der Waals surface area contributed by atoms with Crippen LogP contribution in [0.2, 0.25) is 0 Å². The van der Waals surface area contributed by atoms with Crippen LogP contribution in [0.5, 0.6) is 5.75 Å². The fourth-order valence-electron chi connectivity index (χ4n) is 3.21. The number of nitrogens with one attached hydrogen (secondary N) is 1. The Labute approximate surface area is 180 Å². The molecule has 164 valence electrons. The lowest BCUT2D eigenvalue weighted by molar-refractivity contribution is 0.0517. The quantitative estimate of drug-likeness (QED) is 0.599. The molecular weight excluding hydrogens is 400 g/mol. The number of amides is 1. The molecule has 1 N–H and O–H groups in total. The number of rotatable bonds is 3. The number of pyridine rings is 1. The lowest BCUT2D eigenvalue weighted by Gasteiger charge is -2.19. The summed E-state index contributed by atoms with van der Waals surface area (Å²) in [5.74, 6) is 5.66. The number of ether oxygens (including phenoxy) is 3. The van der Waals surface area contributed by atoms with Crippen LogP contribution in [-0.2, 0) is 16.0 Å². The summed E-state index contributed by atoms with van der Waals surface area (Å²) in [5.41, 5.74) is 0.143. The van der Waals surface area contributed by atoms with E-state index in [1.165, 1.54) is 6.20 Å². The molecule has 1 amide bonds. The maximum atomic E-state index is 13.0. The summed E-state index contributed by atoms with van der Waals surface area (Å²) in [4.78, 5) is 37.0. The number of aromatic nitrogens is 1. The van der Waals surface area contributed by atoms with E-state index in [-0.39, 0.29) is 18.7 Å². The molecule has 1 aliphatic rings. The van der Waals surface area contributed by atoms with Crippen molar-refractivity contribution >= 4 is 23.0 Å². The zero-order valence-corrected chi connectivity index (χ0v) is 18.2. The van der Waals surface area contributed by atoms with Crippen LogP contribution in [-0.4, -0.2) is 42.0 Å². The minimum absolute atomic E-state index is 0.0149. The van der Waals surface area contributed by atoms with Gasteiger partial charge in [0.25, 0.3) is 0 Å². The summed E-state index contributed by atoms with van der Waals surface area (Å²) in [7, 11) is 0. The normalized spacial score (nSPS) is 12.8. The second kappa shape index (κ2) is 9.13. The first kappa shape index (κ1) is 22.2. The van der Waals surface area contributed by atoms with Gasteiger partial charge in [-0.3, -0.25) is 4.79 Å². The van der Waals surface area contributed by atoms with Crippen LogP contribution >= 0.6 is 0 Å². The van der Waals surface area contributed by atoms with Crippen molar-refractivity contribution in [3.63, 3.8) is 0 Å². The van der Waals surface area contributed by atoms with Gasteiger partial charge < -0.3 is 24.1 Å². The summed E-state index contributed by atoms with van der Waals surface area (Å²) in [5, 5.41) is 2.90. The number of nitrogens with zero attached hydrogens (tertiary/aromatic N) is 1. The minimum Gasteiger partial charge on any atom is -0.491 e. The molecule has 2 aromatic rings. The smallest absolute Gasteiger partial charge is 0.408 e. The standard InChI is InChI=1S/C23H26N2O6/c1-5-29-21(27)17-14-25-10-7-11-30-18-13-15(12-16(19(18)25)20(17)26)8-6-9-24-22(28)31-23(2,3)4/h12-14H,5,7,9-11H2,1-4H3,(H,24,28). The molecule has 0 bridgehead atoms.